The smallest absolute Gasteiger partial charge is 0.407 e. The Labute approximate surface area is 86.1 Å². The number of ether oxygens (including phenoxy) is 2. The van der Waals surface area contributed by atoms with Gasteiger partial charge < -0.3 is 30.7 Å². The molecule has 0 radical (unpaired) electrons. The summed E-state index contributed by atoms with van der Waals surface area (Å²) in [6.45, 7) is 0.173. The number of amides is 1. The minimum Gasteiger partial charge on any atom is -0.447 e. The molecule has 2 aliphatic heterocycles. The largest absolute Gasteiger partial charge is 0.447 e. The second-order valence-corrected chi connectivity index (χ2v) is 3.70. The van der Waals surface area contributed by atoms with Crippen LogP contribution in [0.25, 0.3) is 0 Å². The predicted octanol–water partition coefficient (Wildman–Crippen LogP) is -2.46. The summed E-state index contributed by atoms with van der Waals surface area (Å²) in [4.78, 5) is 10.9. The summed E-state index contributed by atoms with van der Waals surface area (Å²) in [7, 11) is 0. The van der Waals surface area contributed by atoms with Crippen molar-refractivity contribution in [2.75, 3.05) is 13.2 Å². The molecule has 5 N–H and O–H groups in total. The van der Waals surface area contributed by atoms with Crippen molar-refractivity contribution < 1.29 is 24.5 Å². The monoisotopic (exact) mass is 218 g/mol. The Hall–Kier alpha value is -0.890. The minimum atomic E-state index is -1.09. The van der Waals surface area contributed by atoms with Crippen LogP contribution in [0.2, 0.25) is 0 Å². The van der Waals surface area contributed by atoms with Gasteiger partial charge in [-0.1, -0.05) is 0 Å². The molecule has 0 unspecified atom stereocenters. The molecule has 0 aromatic rings. The minimum absolute atomic E-state index is 0.0663. The number of carbonyl (C=O) groups is 1. The zero-order chi connectivity index (χ0) is 11.0. The highest BCUT2D eigenvalue weighted by Crippen LogP contribution is 2.23. The maximum Gasteiger partial charge on any atom is 0.407 e. The molecule has 0 aromatic carbocycles. The van der Waals surface area contributed by atoms with Gasteiger partial charge in [-0.2, -0.15) is 0 Å². The van der Waals surface area contributed by atoms with E-state index in [1.165, 1.54) is 0 Å². The number of aliphatic hydroxyl groups excluding tert-OH is 2. The van der Waals surface area contributed by atoms with Crippen LogP contribution in [0.3, 0.4) is 0 Å². The number of fused-ring (bicyclic) bond motifs is 1. The molecule has 15 heavy (non-hydrogen) atoms. The van der Waals surface area contributed by atoms with Crippen molar-refractivity contribution in [3.8, 4) is 0 Å². The summed E-state index contributed by atoms with van der Waals surface area (Å²) < 4.78 is 10.1. The first-order valence-electron chi connectivity index (χ1n) is 4.78. The Bertz CT molecular complexity index is 259. The number of aliphatic hydroxyl groups is 2. The number of cyclic esters (lactones) is 1. The molecule has 2 fully saturated rings. The van der Waals surface area contributed by atoms with E-state index in [-0.39, 0.29) is 13.2 Å². The number of alkyl carbamates (subject to hydrolysis) is 1. The molecule has 2 saturated heterocycles. The van der Waals surface area contributed by atoms with Crippen LogP contribution in [0.4, 0.5) is 4.79 Å². The fraction of sp³-hybridized carbons (Fsp3) is 0.875. The Morgan fingerprint density at radius 3 is 2.87 bits per heavy atom. The molecule has 5 atom stereocenters. The molecule has 0 saturated carbocycles. The van der Waals surface area contributed by atoms with E-state index in [9.17, 15) is 15.0 Å². The van der Waals surface area contributed by atoms with Crippen LogP contribution in [-0.2, 0) is 9.47 Å². The topological polar surface area (TPSA) is 114 Å². The van der Waals surface area contributed by atoms with E-state index < -0.39 is 36.6 Å². The van der Waals surface area contributed by atoms with Gasteiger partial charge in [-0.05, 0) is 0 Å². The maximum absolute atomic E-state index is 10.9. The zero-order valence-electron chi connectivity index (χ0n) is 8.00. The van der Waals surface area contributed by atoms with E-state index in [0.717, 1.165) is 0 Å². The summed E-state index contributed by atoms with van der Waals surface area (Å²) >= 11 is 0. The van der Waals surface area contributed by atoms with Gasteiger partial charge in [0.05, 0.1) is 12.1 Å². The molecular weight excluding hydrogens is 204 g/mol. The van der Waals surface area contributed by atoms with Crippen molar-refractivity contribution in [3.63, 3.8) is 0 Å². The average molecular weight is 218 g/mol. The Balaban J connectivity index is 2.11. The van der Waals surface area contributed by atoms with E-state index in [0.29, 0.717) is 0 Å². The fourth-order valence-corrected chi connectivity index (χ4v) is 1.89. The van der Waals surface area contributed by atoms with E-state index in [2.05, 4.69) is 5.32 Å². The van der Waals surface area contributed by atoms with Crippen molar-refractivity contribution >= 4 is 6.09 Å². The van der Waals surface area contributed by atoms with Crippen molar-refractivity contribution in [1.29, 1.82) is 0 Å². The lowest BCUT2D eigenvalue weighted by molar-refractivity contribution is -0.196. The molecule has 0 aliphatic carbocycles. The first kappa shape index (κ1) is 10.6. The summed E-state index contributed by atoms with van der Waals surface area (Å²) in [6.07, 6.45) is -3.87. The van der Waals surface area contributed by atoms with Crippen molar-refractivity contribution in [3.05, 3.63) is 0 Å². The third kappa shape index (κ3) is 1.78. The number of hydrogen-bond acceptors (Lipinski definition) is 6. The first-order valence-corrected chi connectivity index (χ1v) is 4.78. The van der Waals surface area contributed by atoms with Gasteiger partial charge in [0.1, 0.15) is 24.9 Å². The summed E-state index contributed by atoms with van der Waals surface area (Å²) in [5.41, 5.74) is 5.38. The van der Waals surface area contributed by atoms with E-state index in [4.69, 9.17) is 15.2 Å². The molecule has 86 valence electrons. The SMILES string of the molecule is NC[C@H]1O[C@@H]2COC(=O)N[C@@H]2[C@@H](O)[C@H]1O. The Kier molecular flexibility index (Phi) is 2.79. The summed E-state index contributed by atoms with van der Waals surface area (Å²) in [5, 5.41) is 21.8. The van der Waals surface area contributed by atoms with Crippen LogP contribution < -0.4 is 11.1 Å². The second kappa shape index (κ2) is 3.93. The maximum atomic E-state index is 10.9. The lowest BCUT2D eigenvalue weighted by Gasteiger charge is -2.44. The highest BCUT2D eigenvalue weighted by atomic mass is 16.6. The lowest BCUT2D eigenvalue weighted by atomic mass is 9.92. The third-order valence-electron chi connectivity index (χ3n) is 2.74. The number of carbonyl (C=O) groups excluding carboxylic acids is 1. The molecule has 7 heteroatoms. The first-order chi connectivity index (χ1) is 7.13. The molecule has 0 spiro atoms. The van der Waals surface area contributed by atoms with Crippen LogP contribution in [0.15, 0.2) is 0 Å². The van der Waals surface area contributed by atoms with Gasteiger partial charge in [-0.15, -0.1) is 0 Å². The number of rotatable bonds is 1. The molecule has 2 aliphatic rings. The molecule has 1 amide bonds. The Morgan fingerprint density at radius 1 is 1.47 bits per heavy atom. The van der Waals surface area contributed by atoms with Crippen molar-refractivity contribution in [2.45, 2.75) is 30.5 Å². The normalized spacial score (nSPS) is 45.3. The van der Waals surface area contributed by atoms with Gasteiger partial charge in [0.2, 0.25) is 0 Å². The molecule has 0 bridgehead atoms. The standard InChI is InChI=1S/C8H14N2O5/c9-1-3-6(11)7(12)5-4(15-3)2-14-8(13)10-5/h3-7,11-12H,1-2,9H2,(H,10,13)/t3-,4-,5+,6+,7-/m1/s1. The van der Waals surface area contributed by atoms with Crippen molar-refractivity contribution in [1.82, 2.24) is 5.32 Å². The lowest BCUT2D eigenvalue weighted by Crippen LogP contribution is -2.68. The number of nitrogens with one attached hydrogen (secondary N) is 1. The molecule has 0 aromatic heterocycles. The molecule has 7 nitrogen and oxygen atoms in total. The molecule has 2 heterocycles. The highest BCUT2D eigenvalue weighted by molar-refractivity contribution is 5.68. The summed E-state index contributed by atoms with van der Waals surface area (Å²) in [5.74, 6) is 0. The van der Waals surface area contributed by atoms with Crippen LogP contribution in [0.5, 0.6) is 0 Å². The number of nitrogens with two attached hydrogens (primary N) is 1. The number of hydrogen-bond donors (Lipinski definition) is 4. The zero-order valence-corrected chi connectivity index (χ0v) is 8.00. The van der Waals surface area contributed by atoms with Gasteiger partial charge >= 0.3 is 6.09 Å². The molecular formula is C8H14N2O5. The predicted molar refractivity (Wildman–Crippen MR) is 48.0 cm³/mol. The van der Waals surface area contributed by atoms with Crippen LogP contribution in [0.1, 0.15) is 0 Å². The fourth-order valence-electron chi connectivity index (χ4n) is 1.89. The quantitative estimate of drug-likeness (QED) is 0.388. The summed E-state index contributed by atoms with van der Waals surface area (Å²) in [6, 6.07) is -0.635. The van der Waals surface area contributed by atoms with Crippen LogP contribution >= 0.6 is 0 Å². The Morgan fingerprint density at radius 2 is 2.20 bits per heavy atom. The van der Waals surface area contributed by atoms with Gasteiger partial charge in [0, 0.05) is 6.54 Å². The highest BCUT2D eigenvalue weighted by Gasteiger charge is 2.47. The van der Waals surface area contributed by atoms with E-state index >= 15 is 0 Å². The third-order valence-corrected chi connectivity index (χ3v) is 2.74. The van der Waals surface area contributed by atoms with Gasteiger partial charge in [0.25, 0.3) is 0 Å². The van der Waals surface area contributed by atoms with Gasteiger partial charge in [0.15, 0.2) is 0 Å². The van der Waals surface area contributed by atoms with Gasteiger partial charge in [-0.25, -0.2) is 4.79 Å². The van der Waals surface area contributed by atoms with Crippen LogP contribution in [-0.4, -0.2) is 59.9 Å². The average Bonchev–Trinajstić information content (AvgIpc) is 2.24. The van der Waals surface area contributed by atoms with E-state index in [1.807, 2.05) is 0 Å². The molecule has 2 rings (SSSR count). The van der Waals surface area contributed by atoms with Crippen LogP contribution in [0, 0.1) is 0 Å². The van der Waals surface area contributed by atoms with Gasteiger partial charge in [-0.3, -0.25) is 0 Å². The van der Waals surface area contributed by atoms with Crippen molar-refractivity contribution in [2.24, 2.45) is 5.73 Å². The second-order valence-electron chi connectivity index (χ2n) is 3.70. The van der Waals surface area contributed by atoms with E-state index in [1.54, 1.807) is 0 Å².